The number of Topliss-reactive ketones (excluding diaryl/α,β-unsaturated/α-hetero) is 1. The number of aryl methyl sites for hydroxylation is 1. The normalized spacial score (nSPS) is 10.3. The van der Waals surface area contributed by atoms with E-state index in [-0.39, 0.29) is 11.5 Å². The van der Waals surface area contributed by atoms with Crippen molar-refractivity contribution in [2.45, 2.75) is 19.3 Å². The van der Waals surface area contributed by atoms with Gasteiger partial charge in [0, 0.05) is 24.5 Å². The third-order valence-electron chi connectivity index (χ3n) is 3.13. The lowest BCUT2D eigenvalue weighted by Gasteiger charge is -2.02. The summed E-state index contributed by atoms with van der Waals surface area (Å²) < 4.78 is 9.99. The number of hydrogen-bond donors (Lipinski definition) is 2. The molecule has 116 valence electrons. The molecule has 22 heavy (non-hydrogen) atoms. The van der Waals surface area contributed by atoms with E-state index >= 15 is 0 Å². The molecule has 1 heterocycles. The lowest BCUT2D eigenvalue weighted by atomic mass is 10.0. The van der Waals surface area contributed by atoms with Crippen LogP contribution in [0.15, 0.2) is 34.9 Å². The maximum atomic E-state index is 12.0. The highest BCUT2D eigenvalue weighted by Gasteiger charge is 2.12. The van der Waals surface area contributed by atoms with Crippen LogP contribution in [0.1, 0.15) is 39.4 Å². The molecule has 0 aliphatic heterocycles. The second-order valence-corrected chi connectivity index (χ2v) is 4.62. The van der Waals surface area contributed by atoms with Crippen molar-refractivity contribution in [3.63, 3.8) is 0 Å². The summed E-state index contributed by atoms with van der Waals surface area (Å²) in [6, 6.07) is 8.36. The number of hydroxylamine groups is 1. The minimum absolute atomic E-state index is 0.000944. The number of carbonyl (C=O) groups is 2. The topological polar surface area (TPSA) is 102 Å². The summed E-state index contributed by atoms with van der Waals surface area (Å²) in [5.74, 6) is 0.480. The molecular weight excluding hydrogens is 288 g/mol. The fourth-order valence-electron chi connectivity index (χ4n) is 1.94. The Hall–Kier alpha value is -2.67. The number of aromatic nitrogens is 1. The summed E-state index contributed by atoms with van der Waals surface area (Å²) in [4.78, 5) is 23.1. The Morgan fingerprint density at radius 2 is 2.05 bits per heavy atom. The van der Waals surface area contributed by atoms with E-state index < -0.39 is 5.91 Å². The van der Waals surface area contributed by atoms with Gasteiger partial charge in [-0.15, -0.1) is 0 Å². The van der Waals surface area contributed by atoms with Gasteiger partial charge < -0.3 is 9.26 Å². The van der Waals surface area contributed by atoms with Gasteiger partial charge in [0.15, 0.2) is 11.5 Å². The largest absolute Gasteiger partial charge is 0.497 e. The van der Waals surface area contributed by atoms with E-state index in [9.17, 15) is 9.59 Å². The molecule has 0 unspecified atom stereocenters. The number of nitrogens with zero attached hydrogens (tertiary/aromatic N) is 1. The van der Waals surface area contributed by atoms with Gasteiger partial charge in [-0.25, -0.2) is 5.48 Å². The maximum Gasteiger partial charge on any atom is 0.296 e. The lowest BCUT2D eigenvalue weighted by molar-refractivity contribution is 0.0696. The van der Waals surface area contributed by atoms with Crippen LogP contribution in [-0.4, -0.2) is 29.2 Å². The van der Waals surface area contributed by atoms with E-state index in [1.54, 1.807) is 31.4 Å². The van der Waals surface area contributed by atoms with Gasteiger partial charge in [0.25, 0.3) is 5.91 Å². The zero-order valence-corrected chi connectivity index (χ0v) is 12.0. The lowest BCUT2D eigenvalue weighted by Crippen LogP contribution is -2.18. The van der Waals surface area contributed by atoms with Crippen molar-refractivity contribution in [1.29, 1.82) is 0 Å². The van der Waals surface area contributed by atoms with Gasteiger partial charge in [-0.05, 0) is 30.7 Å². The first kappa shape index (κ1) is 15.7. The number of carbonyl (C=O) groups excluding carboxylic acids is 2. The first-order valence-electron chi connectivity index (χ1n) is 6.71. The molecule has 0 radical (unpaired) electrons. The Bertz CT molecular complexity index is 648. The van der Waals surface area contributed by atoms with Gasteiger partial charge in [0.2, 0.25) is 0 Å². The standard InChI is InChI=1S/C15H16N2O5/c1-21-11-7-5-10(6-8-11)14(18)4-2-3-12-9-13(17-22-12)15(19)16-20/h5-9,20H,2-4H2,1H3,(H,16,19). The number of benzene rings is 1. The summed E-state index contributed by atoms with van der Waals surface area (Å²) in [5, 5.41) is 12.0. The third kappa shape index (κ3) is 3.92. The number of methoxy groups -OCH3 is 1. The predicted molar refractivity (Wildman–Crippen MR) is 76.0 cm³/mol. The van der Waals surface area contributed by atoms with Gasteiger partial charge in [-0.1, -0.05) is 5.16 Å². The zero-order valence-electron chi connectivity index (χ0n) is 12.0. The van der Waals surface area contributed by atoms with Gasteiger partial charge >= 0.3 is 0 Å². The average molecular weight is 304 g/mol. The molecule has 1 aromatic heterocycles. The second-order valence-electron chi connectivity index (χ2n) is 4.62. The average Bonchev–Trinajstić information content (AvgIpc) is 3.03. The molecule has 7 heteroatoms. The van der Waals surface area contributed by atoms with Crippen molar-refractivity contribution in [1.82, 2.24) is 10.6 Å². The maximum absolute atomic E-state index is 12.0. The highest BCUT2D eigenvalue weighted by atomic mass is 16.5. The van der Waals surface area contributed by atoms with E-state index in [4.69, 9.17) is 14.5 Å². The van der Waals surface area contributed by atoms with E-state index in [1.165, 1.54) is 11.5 Å². The van der Waals surface area contributed by atoms with Crippen LogP contribution in [0.3, 0.4) is 0 Å². The molecule has 0 atom stereocenters. The van der Waals surface area contributed by atoms with Crippen LogP contribution in [0.4, 0.5) is 0 Å². The molecule has 0 bridgehead atoms. The van der Waals surface area contributed by atoms with Gasteiger partial charge in [0.1, 0.15) is 11.5 Å². The summed E-state index contributed by atoms with van der Waals surface area (Å²) >= 11 is 0. The molecule has 0 saturated heterocycles. The van der Waals surface area contributed by atoms with Crippen LogP contribution >= 0.6 is 0 Å². The molecule has 7 nitrogen and oxygen atoms in total. The van der Waals surface area contributed by atoms with Crippen molar-refractivity contribution in [2.75, 3.05) is 7.11 Å². The van der Waals surface area contributed by atoms with Crippen molar-refractivity contribution in [2.24, 2.45) is 0 Å². The molecule has 0 spiro atoms. The molecule has 0 aliphatic carbocycles. The quantitative estimate of drug-likeness (QED) is 0.461. The highest BCUT2D eigenvalue weighted by Crippen LogP contribution is 2.14. The van der Waals surface area contributed by atoms with Crippen molar-refractivity contribution >= 4 is 11.7 Å². The minimum Gasteiger partial charge on any atom is -0.497 e. The van der Waals surface area contributed by atoms with Gasteiger partial charge in [-0.3, -0.25) is 14.8 Å². The molecular formula is C15H16N2O5. The Kier molecular flexibility index (Phi) is 5.26. The number of amides is 1. The van der Waals surface area contributed by atoms with Gasteiger partial charge in [0.05, 0.1) is 7.11 Å². The Labute approximate surface area is 126 Å². The van der Waals surface area contributed by atoms with E-state index in [0.717, 1.165) is 0 Å². The van der Waals surface area contributed by atoms with Crippen molar-refractivity contribution in [3.05, 3.63) is 47.3 Å². The Morgan fingerprint density at radius 1 is 1.32 bits per heavy atom. The van der Waals surface area contributed by atoms with Crippen LogP contribution in [0.5, 0.6) is 5.75 Å². The highest BCUT2D eigenvalue weighted by molar-refractivity contribution is 5.96. The Morgan fingerprint density at radius 3 is 2.68 bits per heavy atom. The summed E-state index contributed by atoms with van der Waals surface area (Å²) in [5.41, 5.74) is 2.10. The summed E-state index contributed by atoms with van der Waals surface area (Å²) in [6.07, 6.45) is 1.41. The van der Waals surface area contributed by atoms with Crippen LogP contribution < -0.4 is 10.2 Å². The molecule has 0 saturated carbocycles. The summed E-state index contributed by atoms with van der Waals surface area (Å²) in [6.45, 7) is 0. The fourth-order valence-corrected chi connectivity index (χ4v) is 1.94. The van der Waals surface area contributed by atoms with Crippen LogP contribution in [0, 0.1) is 0 Å². The molecule has 1 amide bonds. The van der Waals surface area contributed by atoms with Gasteiger partial charge in [-0.2, -0.15) is 0 Å². The zero-order chi connectivity index (χ0) is 15.9. The number of hydrogen-bond acceptors (Lipinski definition) is 6. The van der Waals surface area contributed by atoms with E-state index in [1.807, 2.05) is 0 Å². The molecule has 0 fully saturated rings. The molecule has 2 rings (SSSR count). The monoisotopic (exact) mass is 304 g/mol. The van der Waals surface area contributed by atoms with E-state index in [0.29, 0.717) is 36.3 Å². The van der Waals surface area contributed by atoms with Crippen LogP contribution in [0.25, 0.3) is 0 Å². The number of ether oxygens (including phenoxy) is 1. The number of nitrogens with one attached hydrogen (secondary N) is 1. The molecule has 2 aromatic rings. The summed E-state index contributed by atoms with van der Waals surface area (Å²) in [7, 11) is 1.57. The second kappa shape index (κ2) is 7.37. The number of rotatable bonds is 7. The van der Waals surface area contributed by atoms with Crippen molar-refractivity contribution in [3.8, 4) is 5.75 Å². The number of ketones is 1. The van der Waals surface area contributed by atoms with E-state index in [2.05, 4.69) is 5.16 Å². The molecule has 1 aromatic carbocycles. The van der Waals surface area contributed by atoms with Crippen LogP contribution in [0.2, 0.25) is 0 Å². The minimum atomic E-state index is -0.732. The fraction of sp³-hybridized carbons (Fsp3) is 0.267. The smallest absolute Gasteiger partial charge is 0.296 e. The molecule has 2 N–H and O–H groups in total. The molecule has 0 aliphatic rings. The Balaban J connectivity index is 1.83. The predicted octanol–water partition coefficient (Wildman–Crippen LogP) is 2.01. The third-order valence-corrected chi connectivity index (χ3v) is 3.13. The van der Waals surface area contributed by atoms with Crippen LogP contribution in [-0.2, 0) is 6.42 Å². The first-order chi connectivity index (χ1) is 10.6. The first-order valence-corrected chi connectivity index (χ1v) is 6.71. The van der Waals surface area contributed by atoms with Crippen molar-refractivity contribution < 1.29 is 24.1 Å². The SMILES string of the molecule is COc1ccc(C(=O)CCCc2cc(C(=O)NO)no2)cc1.